The first-order chi connectivity index (χ1) is 8.65. The van der Waals surface area contributed by atoms with Gasteiger partial charge in [-0.05, 0) is 20.8 Å². The van der Waals surface area contributed by atoms with Gasteiger partial charge in [0.05, 0.1) is 18.4 Å². The summed E-state index contributed by atoms with van der Waals surface area (Å²) in [6.45, 7) is 8.40. The van der Waals surface area contributed by atoms with E-state index in [2.05, 4.69) is 15.4 Å². The highest BCUT2D eigenvalue weighted by Crippen LogP contribution is 2.04. The molecule has 0 unspecified atom stereocenters. The molecule has 0 aliphatic heterocycles. The number of rotatable bonds is 6. The van der Waals surface area contributed by atoms with Crippen LogP contribution in [0.1, 0.15) is 25.1 Å². The van der Waals surface area contributed by atoms with Crippen LogP contribution in [0.25, 0.3) is 5.65 Å². The molecule has 98 valence electrons. The third-order valence-electron chi connectivity index (χ3n) is 2.55. The fourth-order valence-corrected chi connectivity index (χ4v) is 1.72. The number of nitrogens with zero attached hydrogens (tertiary/aromatic N) is 3. The standard InChI is InChI=1S/C13H20N4O/c1-10(2)18-5-4-14-7-12-8-15-13-6-11(3)16-17(13)9-12/h6,8-10,14H,4-5,7H2,1-3H3. The van der Waals surface area contributed by atoms with Gasteiger partial charge in [0.15, 0.2) is 5.65 Å². The lowest BCUT2D eigenvalue weighted by Gasteiger charge is -2.08. The Balaban J connectivity index is 1.84. The van der Waals surface area contributed by atoms with Crippen molar-refractivity contribution in [3.63, 3.8) is 0 Å². The zero-order valence-corrected chi connectivity index (χ0v) is 11.2. The first kappa shape index (κ1) is 13.0. The highest BCUT2D eigenvalue weighted by molar-refractivity contribution is 5.38. The van der Waals surface area contributed by atoms with Crippen molar-refractivity contribution in [3.8, 4) is 0 Å². The maximum atomic E-state index is 5.46. The largest absolute Gasteiger partial charge is 0.377 e. The number of hydrogen-bond donors (Lipinski definition) is 1. The first-order valence-corrected chi connectivity index (χ1v) is 6.28. The Bertz CT molecular complexity index is 507. The number of aromatic nitrogens is 3. The Morgan fingerprint density at radius 2 is 2.28 bits per heavy atom. The molecule has 0 fully saturated rings. The van der Waals surface area contributed by atoms with Crippen molar-refractivity contribution in [1.82, 2.24) is 19.9 Å². The highest BCUT2D eigenvalue weighted by Gasteiger charge is 2.00. The molecule has 5 nitrogen and oxygen atoms in total. The molecule has 0 amide bonds. The van der Waals surface area contributed by atoms with Gasteiger partial charge in [-0.25, -0.2) is 9.50 Å². The number of ether oxygens (including phenoxy) is 1. The smallest absolute Gasteiger partial charge is 0.155 e. The maximum Gasteiger partial charge on any atom is 0.155 e. The van der Waals surface area contributed by atoms with E-state index in [0.717, 1.165) is 36.6 Å². The van der Waals surface area contributed by atoms with Crippen molar-refractivity contribution in [2.24, 2.45) is 0 Å². The first-order valence-electron chi connectivity index (χ1n) is 6.28. The van der Waals surface area contributed by atoms with Crippen molar-refractivity contribution in [3.05, 3.63) is 29.7 Å². The van der Waals surface area contributed by atoms with E-state index >= 15 is 0 Å². The predicted molar refractivity (Wildman–Crippen MR) is 70.5 cm³/mol. The lowest BCUT2D eigenvalue weighted by molar-refractivity contribution is 0.0807. The summed E-state index contributed by atoms with van der Waals surface area (Å²) in [7, 11) is 0. The zero-order valence-electron chi connectivity index (χ0n) is 11.2. The molecule has 0 aliphatic rings. The SMILES string of the molecule is Cc1cc2ncc(CNCCOC(C)C)cn2n1. The maximum absolute atomic E-state index is 5.46. The molecule has 0 spiro atoms. The molecule has 18 heavy (non-hydrogen) atoms. The Labute approximate surface area is 107 Å². The monoisotopic (exact) mass is 248 g/mol. The van der Waals surface area contributed by atoms with E-state index in [4.69, 9.17) is 4.74 Å². The molecule has 0 atom stereocenters. The summed E-state index contributed by atoms with van der Waals surface area (Å²) in [5.74, 6) is 0. The van der Waals surface area contributed by atoms with Crippen molar-refractivity contribution in [1.29, 1.82) is 0 Å². The van der Waals surface area contributed by atoms with Gasteiger partial charge in [-0.2, -0.15) is 5.10 Å². The summed E-state index contributed by atoms with van der Waals surface area (Å²) in [4.78, 5) is 4.36. The Morgan fingerprint density at radius 1 is 1.44 bits per heavy atom. The summed E-state index contributed by atoms with van der Waals surface area (Å²) in [6.07, 6.45) is 4.18. The van der Waals surface area contributed by atoms with Gasteiger partial charge in [0.2, 0.25) is 0 Å². The summed E-state index contributed by atoms with van der Waals surface area (Å²) in [5, 5.41) is 7.67. The summed E-state index contributed by atoms with van der Waals surface area (Å²) >= 11 is 0. The van der Waals surface area contributed by atoms with Gasteiger partial charge in [0.25, 0.3) is 0 Å². The Kier molecular flexibility index (Phi) is 4.28. The second kappa shape index (κ2) is 5.93. The minimum Gasteiger partial charge on any atom is -0.377 e. The van der Waals surface area contributed by atoms with Gasteiger partial charge in [-0.15, -0.1) is 0 Å². The van der Waals surface area contributed by atoms with Crippen molar-refractivity contribution < 1.29 is 4.74 Å². The molecule has 2 heterocycles. The van der Waals surface area contributed by atoms with Crippen molar-refractivity contribution >= 4 is 5.65 Å². The molecule has 0 saturated carbocycles. The lowest BCUT2D eigenvalue weighted by Crippen LogP contribution is -2.21. The van der Waals surface area contributed by atoms with E-state index in [0.29, 0.717) is 0 Å². The average Bonchev–Trinajstić information content (AvgIpc) is 2.67. The number of aryl methyl sites for hydroxylation is 1. The summed E-state index contributed by atoms with van der Waals surface area (Å²) < 4.78 is 7.27. The molecular formula is C13H20N4O. The van der Waals surface area contributed by atoms with E-state index in [1.807, 2.05) is 43.7 Å². The molecular weight excluding hydrogens is 228 g/mol. The quantitative estimate of drug-likeness (QED) is 0.788. The van der Waals surface area contributed by atoms with E-state index < -0.39 is 0 Å². The van der Waals surface area contributed by atoms with Crippen LogP contribution in [0, 0.1) is 6.92 Å². The molecule has 0 aromatic carbocycles. The summed E-state index contributed by atoms with van der Waals surface area (Å²) in [6, 6.07) is 1.97. The second-order valence-corrected chi connectivity index (χ2v) is 4.65. The van der Waals surface area contributed by atoms with Crippen LogP contribution >= 0.6 is 0 Å². The lowest BCUT2D eigenvalue weighted by atomic mass is 10.3. The summed E-state index contributed by atoms with van der Waals surface area (Å²) in [5.41, 5.74) is 2.99. The van der Waals surface area contributed by atoms with E-state index in [-0.39, 0.29) is 6.10 Å². The van der Waals surface area contributed by atoms with Gasteiger partial charge < -0.3 is 10.1 Å². The highest BCUT2D eigenvalue weighted by atomic mass is 16.5. The Morgan fingerprint density at radius 3 is 3.06 bits per heavy atom. The van der Waals surface area contributed by atoms with Crippen LogP contribution in [-0.4, -0.2) is 33.9 Å². The van der Waals surface area contributed by atoms with Gasteiger partial charge in [-0.3, -0.25) is 0 Å². The number of nitrogens with one attached hydrogen (secondary N) is 1. The van der Waals surface area contributed by atoms with Crippen LogP contribution < -0.4 is 5.32 Å². The van der Waals surface area contributed by atoms with Crippen LogP contribution in [0.3, 0.4) is 0 Å². The van der Waals surface area contributed by atoms with Gasteiger partial charge >= 0.3 is 0 Å². The van der Waals surface area contributed by atoms with Crippen LogP contribution in [0.4, 0.5) is 0 Å². The van der Waals surface area contributed by atoms with Gasteiger partial charge in [0, 0.05) is 37.1 Å². The molecule has 1 N–H and O–H groups in total. The van der Waals surface area contributed by atoms with E-state index in [1.54, 1.807) is 0 Å². The van der Waals surface area contributed by atoms with Gasteiger partial charge in [-0.1, -0.05) is 0 Å². The topological polar surface area (TPSA) is 51.5 Å². The number of hydrogen-bond acceptors (Lipinski definition) is 4. The zero-order chi connectivity index (χ0) is 13.0. The normalized spacial score (nSPS) is 11.6. The number of fused-ring (bicyclic) bond motifs is 1. The van der Waals surface area contributed by atoms with Crippen LogP contribution in [0.2, 0.25) is 0 Å². The Hall–Kier alpha value is -1.46. The molecule has 0 bridgehead atoms. The third-order valence-corrected chi connectivity index (χ3v) is 2.55. The third kappa shape index (κ3) is 3.51. The predicted octanol–water partition coefficient (Wildman–Crippen LogP) is 1.55. The van der Waals surface area contributed by atoms with Crippen LogP contribution in [0.5, 0.6) is 0 Å². The van der Waals surface area contributed by atoms with Crippen molar-refractivity contribution in [2.45, 2.75) is 33.4 Å². The van der Waals surface area contributed by atoms with Crippen LogP contribution in [0.15, 0.2) is 18.5 Å². The van der Waals surface area contributed by atoms with E-state index in [9.17, 15) is 0 Å². The van der Waals surface area contributed by atoms with Crippen LogP contribution in [-0.2, 0) is 11.3 Å². The molecule has 0 saturated heterocycles. The molecule has 0 radical (unpaired) electrons. The molecule has 5 heteroatoms. The minimum atomic E-state index is 0.289. The molecule has 2 aromatic rings. The molecule has 2 rings (SSSR count). The molecule has 0 aliphatic carbocycles. The van der Waals surface area contributed by atoms with Gasteiger partial charge in [0.1, 0.15) is 0 Å². The van der Waals surface area contributed by atoms with Crippen molar-refractivity contribution in [2.75, 3.05) is 13.2 Å². The minimum absolute atomic E-state index is 0.289. The second-order valence-electron chi connectivity index (χ2n) is 4.65. The fourth-order valence-electron chi connectivity index (χ4n) is 1.72. The fraction of sp³-hybridized carbons (Fsp3) is 0.538. The van der Waals surface area contributed by atoms with E-state index in [1.165, 1.54) is 0 Å². The molecule has 2 aromatic heterocycles. The average molecular weight is 248 g/mol.